The summed E-state index contributed by atoms with van der Waals surface area (Å²) >= 11 is 0. The maximum atomic E-state index is 12.3. The van der Waals surface area contributed by atoms with E-state index in [9.17, 15) is 14.7 Å². The number of carboxylic acid groups (broad SMARTS) is 1. The molecular weight excluding hydrogens is 316 g/mol. The van der Waals surface area contributed by atoms with Gasteiger partial charge in [-0.05, 0) is 12.1 Å². The van der Waals surface area contributed by atoms with Crippen molar-refractivity contribution in [3.63, 3.8) is 0 Å². The molecule has 1 aliphatic heterocycles. The lowest BCUT2D eigenvalue weighted by atomic mass is 10.1. The summed E-state index contributed by atoms with van der Waals surface area (Å²) < 4.78 is 10.1. The van der Waals surface area contributed by atoms with Gasteiger partial charge in [-0.3, -0.25) is 4.79 Å². The first-order valence-corrected chi connectivity index (χ1v) is 6.80. The van der Waals surface area contributed by atoms with Gasteiger partial charge in [0.2, 0.25) is 11.3 Å². The molecule has 0 saturated carbocycles. The molecule has 0 atom stereocenters. The van der Waals surface area contributed by atoms with E-state index in [0.29, 0.717) is 11.1 Å². The number of ether oxygens (including phenoxy) is 1. The number of benzene rings is 2. The van der Waals surface area contributed by atoms with Gasteiger partial charge in [-0.1, -0.05) is 12.1 Å². The van der Waals surface area contributed by atoms with Crippen molar-refractivity contribution in [2.24, 2.45) is 0 Å². The fourth-order valence-corrected chi connectivity index (χ4v) is 2.50. The molecule has 0 bridgehead atoms. The highest BCUT2D eigenvalue weighted by molar-refractivity contribution is 5.98. The molecule has 2 aromatic rings. The highest BCUT2D eigenvalue weighted by atomic mass is 16.7. The predicted octanol–water partition coefficient (Wildman–Crippen LogP) is 2.60. The van der Waals surface area contributed by atoms with Crippen LogP contribution in [-0.2, 0) is 0 Å². The normalized spacial score (nSPS) is 11.2. The van der Waals surface area contributed by atoms with Crippen molar-refractivity contribution in [3.8, 4) is 23.1 Å². The van der Waals surface area contributed by atoms with Crippen LogP contribution in [0.25, 0.3) is 33.5 Å². The quantitative estimate of drug-likeness (QED) is 0.311. The zero-order valence-electron chi connectivity index (χ0n) is 11.9. The number of hydrogen-bond acceptors (Lipinski definition) is 7. The van der Waals surface area contributed by atoms with E-state index in [-0.39, 0.29) is 28.1 Å². The van der Waals surface area contributed by atoms with E-state index in [1.165, 1.54) is 6.07 Å². The van der Waals surface area contributed by atoms with Crippen LogP contribution in [-0.4, -0.2) is 26.3 Å². The molecular formula is C16H8N2O6. The number of para-hydroxylation sites is 2. The van der Waals surface area contributed by atoms with Crippen LogP contribution in [0.5, 0.6) is 11.6 Å². The Kier molecular flexibility index (Phi) is 2.86. The average molecular weight is 324 g/mol. The summed E-state index contributed by atoms with van der Waals surface area (Å²) in [4.78, 5) is 31.1. The molecule has 118 valence electrons. The molecule has 1 aliphatic carbocycles. The first-order chi connectivity index (χ1) is 11.5. The molecule has 24 heavy (non-hydrogen) atoms. The van der Waals surface area contributed by atoms with Crippen molar-refractivity contribution in [1.29, 1.82) is 0 Å². The van der Waals surface area contributed by atoms with Crippen molar-refractivity contribution in [3.05, 3.63) is 46.6 Å². The molecule has 2 aliphatic rings. The fourth-order valence-electron chi connectivity index (χ4n) is 2.50. The van der Waals surface area contributed by atoms with Crippen LogP contribution in [0.2, 0.25) is 0 Å². The van der Waals surface area contributed by atoms with E-state index in [4.69, 9.17) is 9.52 Å². The standard InChI is InChI=1S/C16H8N2O6/c19-8-6-12(24-16(21)22)18-14-9(20)5-11-15(13(8)14)17-7-3-1-2-4-10(7)23-11/h1-6H,(H,18,19)(H,21,22). The number of rotatable bonds is 1. The van der Waals surface area contributed by atoms with E-state index in [1.807, 2.05) is 0 Å². The van der Waals surface area contributed by atoms with Gasteiger partial charge in [0.1, 0.15) is 22.5 Å². The van der Waals surface area contributed by atoms with Gasteiger partial charge in [0.15, 0.2) is 11.3 Å². The van der Waals surface area contributed by atoms with Crippen molar-refractivity contribution in [2.45, 2.75) is 0 Å². The summed E-state index contributed by atoms with van der Waals surface area (Å²) in [6.45, 7) is 0. The molecule has 8 heteroatoms. The third kappa shape index (κ3) is 2.09. The van der Waals surface area contributed by atoms with Gasteiger partial charge >= 0.3 is 6.16 Å². The minimum atomic E-state index is -1.60. The number of fused-ring (bicyclic) bond motifs is 4. The Hall–Kier alpha value is -3.68. The van der Waals surface area contributed by atoms with E-state index in [2.05, 4.69) is 14.7 Å². The Balaban J connectivity index is 2.13. The summed E-state index contributed by atoms with van der Waals surface area (Å²) in [6.07, 6.45) is -1.60. The second kappa shape index (κ2) is 4.92. The van der Waals surface area contributed by atoms with Gasteiger partial charge in [-0.15, -0.1) is 0 Å². The van der Waals surface area contributed by atoms with Crippen LogP contribution >= 0.6 is 0 Å². The van der Waals surface area contributed by atoms with Gasteiger partial charge < -0.3 is 19.4 Å². The Morgan fingerprint density at radius 2 is 1.96 bits per heavy atom. The smallest absolute Gasteiger partial charge is 0.507 e. The van der Waals surface area contributed by atoms with E-state index in [1.54, 1.807) is 24.3 Å². The third-order valence-electron chi connectivity index (χ3n) is 3.45. The summed E-state index contributed by atoms with van der Waals surface area (Å²) in [5.41, 5.74) is 0.564. The molecule has 1 aromatic carbocycles. The number of aromatic nitrogens is 2. The van der Waals surface area contributed by atoms with E-state index in [0.717, 1.165) is 6.07 Å². The lowest BCUT2D eigenvalue weighted by molar-refractivity contribution is 0.142. The van der Waals surface area contributed by atoms with Gasteiger partial charge in [-0.25, -0.2) is 14.8 Å². The zero-order valence-corrected chi connectivity index (χ0v) is 11.9. The maximum absolute atomic E-state index is 12.3. The number of pyridine rings is 1. The van der Waals surface area contributed by atoms with Crippen molar-refractivity contribution < 1.29 is 24.2 Å². The molecule has 2 heterocycles. The minimum absolute atomic E-state index is 0.0738. The number of hydrogen-bond donors (Lipinski definition) is 2. The molecule has 0 fully saturated rings. The molecule has 0 radical (unpaired) electrons. The fraction of sp³-hybridized carbons (Fsp3) is 0. The number of aromatic hydroxyl groups is 1. The van der Waals surface area contributed by atoms with E-state index >= 15 is 0 Å². The lowest BCUT2D eigenvalue weighted by Crippen LogP contribution is -2.09. The van der Waals surface area contributed by atoms with Gasteiger partial charge in [-0.2, -0.15) is 0 Å². The number of carbonyl (C=O) groups is 1. The van der Waals surface area contributed by atoms with E-state index < -0.39 is 17.5 Å². The first-order valence-electron chi connectivity index (χ1n) is 6.80. The van der Waals surface area contributed by atoms with Crippen LogP contribution in [0, 0.1) is 0 Å². The topological polar surface area (TPSA) is 123 Å². The summed E-state index contributed by atoms with van der Waals surface area (Å²) in [6, 6.07) is 9.17. The summed E-state index contributed by atoms with van der Waals surface area (Å²) in [5, 5.41) is 18.9. The Morgan fingerprint density at radius 3 is 2.75 bits per heavy atom. The van der Waals surface area contributed by atoms with Crippen LogP contribution in [0.1, 0.15) is 0 Å². The van der Waals surface area contributed by atoms with Crippen LogP contribution in [0.3, 0.4) is 0 Å². The molecule has 0 spiro atoms. The van der Waals surface area contributed by atoms with Crippen LogP contribution in [0.4, 0.5) is 4.79 Å². The molecule has 1 aromatic heterocycles. The van der Waals surface area contributed by atoms with Crippen LogP contribution < -0.4 is 10.2 Å². The highest BCUT2D eigenvalue weighted by Crippen LogP contribution is 2.35. The number of nitrogens with zero attached hydrogens (tertiary/aromatic N) is 2. The molecule has 4 rings (SSSR count). The maximum Gasteiger partial charge on any atom is 0.512 e. The summed E-state index contributed by atoms with van der Waals surface area (Å²) in [5.74, 6) is -0.589. The second-order valence-corrected chi connectivity index (χ2v) is 4.97. The van der Waals surface area contributed by atoms with Gasteiger partial charge in [0.05, 0.1) is 5.39 Å². The van der Waals surface area contributed by atoms with Crippen molar-refractivity contribution in [2.75, 3.05) is 0 Å². The molecule has 0 unspecified atom stereocenters. The monoisotopic (exact) mass is 324 g/mol. The SMILES string of the molecule is O=C(O)Oc1cc(O)c2c3nc4ccccc4oc-3cc(=O)c2n1. The molecule has 8 nitrogen and oxygen atoms in total. The third-order valence-corrected chi connectivity index (χ3v) is 3.45. The average Bonchev–Trinajstić information content (AvgIpc) is 2.53. The van der Waals surface area contributed by atoms with Gasteiger partial charge in [0, 0.05) is 12.1 Å². The largest absolute Gasteiger partial charge is 0.512 e. The Bertz CT molecular complexity index is 1150. The second-order valence-electron chi connectivity index (χ2n) is 4.97. The Labute approximate surface area is 132 Å². The summed E-state index contributed by atoms with van der Waals surface area (Å²) in [7, 11) is 0. The zero-order chi connectivity index (χ0) is 16.8. The Morgan fingerprint density at radius 1 is 1.17 bits per heavy atom. The van der Waals surface area contributed by atoms with Gasteiger partial charge in [0.25, 0.3) is 0 Å². The first kappa shape index (κ1) is 13.9. The van der Waals surface area contributed by atoms with Crippen molar-refractivity contribution in [1.82, 2.24) is 9.97 Å². The highest BCUT2D eigenvalue weighted by Gasteiger charge is 2.21. The minimum Gasteiger partial charge on any atom is -0.507 e. The molecule has 2 N–H and O–H groups in total. The lowest BCUT2D eigenvalue weighted by Gasteiger charge is -2.10. The van der Waals surface area contributed by atoms with Crippen LogP contribution in [0.15, 0.2) is 45.6 Å². The molecule has 0 saturated heterocycles. The molecule has 0 amide bonds. The van der Waals surface area contributed by atoms with Crippen molar-refractivity contribution >= 4 is 28.2 Å². The predicted molar refractivity (Wildman–Crippen MR) is 82.5 cm³/mol.